The highest BCUT2D eigenvalue weighted by molar-refractivity contribution is 7.91. The number of para-hydroxylation sites is 1. The van der Waals surface area contributed by atoms with E-state index in [9.17, 15) is 18.0 Å². The van der Waals surface area contributed by atoms with Crippen LogP contribution in [0.1, 0.15) is 44.3 Å². The van der Waals surface area contributed by atoms with Crippen molar-refractivity contribution in [1.29, 1.82) is 0 Å². The largest absolute Gasteiger partial charge is 0.488 e. The number of ether oxygens (including phenoxy) is 1. The Morgan fingerprint density at radius 1 is 1.00 bits per heavy atom. The first-order valence-corrected chi connectivity index (χ1v) is 11.7. The Morgan fingerprint density at radius 3 is 2.56 bits per heavy atom. The van der Waals surface area contributed by atoms with Gasteiger partial charge in [0.2, 0.25) is 0 Å². The summed E-state index contributed by atoms with van der Waals surface area (Å²) in [5.74, 6) is -0.524. The van der Waals surface area contributed by atoms with Crippen molar-refractivity contribution in [3.63, 3.8) is 0 Å². The zero-order valence-corrected chi connectivity index (χ0v) is 18.0. The molecular formula is C24H22N2O5S. The fraction of sp³-hybridized carbons (Fsp3) is 0.167. The summed E-state index contributed by atoms with van der Waals surface area (Å²) >= 11 is 0. The van der Waals surface area contributed by atoms with Gasteiger partial charge in [-0.25, -0.2) is 8.42 Å². The molecule has 0 fully saturated rings. The molecule has 0 bridgehead atoms. The van der Waals surface area contributed by atoms with Crippen molar-refractivity contribution >= 4 is 21.7 Å². The zero-order chi connectivity index (χ0) is 22.7. The van der Waals surface area contributed by atoms with Crippen molar-refractivity contribution in [2.45, 2.75) is 24.0 Å². The molecule has 0 spiro atoms. The number of nitrogens with two attached hydrogens (primary N) is 1. The first-order chi connectivity index (χ1) is 15.3. The minimum Gasteiger partial charge on any atom is -0.488 e. The van der Waals surface area contributed by atoms with Gasteiger partial charge in [0.15, 0.2) is 9.84 Å². The van der Waals surface area contributed by atoms with Crippen LogP contribution >= 0.6 is 0 Å². The van der Waals surface area contributed by atoms with Crippen molar-refractivity contribution in [3.05, 3.63) is 95.1 Å². The van der Waals surface area contributed by atoms with Gasteiger partial charge in [-0.3, -0.25) is 9.59 Å². The predicted molar refractivity (Wildman–Crippen MR) is 119 cm³/mol. The van der Waals surface area contributed by atoms with E-state index in [-0.39, 0.29) is 34.8 Å². The first kappa shape index (κ1) is 21.6. The molecule has 8 heteroatoms. The van der Waals surface area contributed by atoms with E-state index in [1.807, 2.05) is 6.07 Å². The van der Waals surface area contributed by atoms with E-state index >= 15 is 0 Å². The molecule has 164 valence electrons. The molecule has 3 aromatic rings. The monoisotopic (exact) mass is 450 g/mol. The summed E-state index contributed by atoms with van der Waals surface area (Å²) < 4.78 is 30.4. The molecule has 1 unspecified atom stereocenters. The van der Waals surface area contributed by atoms with Crippen molar-refractivity contribution in [2.75, 3.05) is 5.75 Å². The maximum absolute atomic E-state index is 12.9. The van der Waals surface area contributed by atoms with E-state index in [1.165, 1.54) is 0 Å². The van der Waals surface area contributed by atoms with E-state index in [2.05, 4.69) is 5.32 Å². The van der Waals surface area contributed by atoms with E-state index in [4.69, 9.17) is 10.5 Å². The van der Waals surface area contributed by atoms with Gasteiger partial charge in [0.25, 0.3) is 11.8 Å². The lowest BCUT2D eigenvalue weighted by molar-refractivity contribution is 0.0933. The molecule has 3 N–H and O–H groups in total. The maximum Gasteiger partial charge on any atom is 0.252 e. The van der Waals surface area contributed by atoms with Gasteiger partial charge >= 0.3 is 0 Å². The number of sulfone groups is 1. The summed E-state index contributed by atoms with van der Waals surface area (Å²) in [5, 5.41) is 2.95. The molecule has 0 radical (unpaired) electrons. The van der Waals surface area contributed by atoms with Gasteiger partial charge in [0, 0.05) is 5.56 Å². The number of hydrogen-bond donors (Lipinski definition) is 2. The second kappa shape index (κ2) is 8.84. The number of benzene rings is 3. The van der Waals surface area contributed by atoms with Crippen LogP contribution in [0, 0.1) is 0 Å². The van der Waals surface area contributed by atoms with Crippen LogP contribution in [0.5, 0.6) is 5.75 Å². The molecule has 4 rings (SSSR count). The van der Waals surface area contributed by atoms with Crippen LogP contribution in [0.4, 0.5) is 0 Å². The summed E-state index contributed by atoms with van der Waals surface area (Å²) in [6, 6.07) is 20.0. The number of hydrogen-bond acceptors (Lipinski definition) is 5. The van der Waals surface area contributed by atoms with Gasteiger partial charge in [0.05, 0.1) is 22.3 Å². The van der Waals surface area contributed by atoms with Crippen LogP contribution < -0.4 is 15.8 Å². The molecule has 0 saturated carbocycles. The number of carbonyl (C=O) groups excluding carboxylic acids is 2. The molecule has 0 aromatic heterocycles. The lowest BCUT2D eigenvalue weighted by atomic mass is 10.0. The van der Waals surface area contributed by atoms with Crippen molar-refractivity contribution in [2.24, 2.45) is 5.73 Å². The van der Waals surface area contributed by atoms with Gasteiger partial charge in [-0.05, 0) is 47.9 Å². The molecular weight excluding hydrogens is 428 g/mol. The lowest BCUT2D eigenvalue weighted by Gasteiger charge is -2.26. The van der Waals surface area contributed by atoms with E-state index in [1.54, 1.807) is 66.7 Å². The van der Waals surface area contributed by atoms with E-state index < -0.39 is 15.7 Å². The average molecular weight is 451 g/mol. The van der Waals surface area contributed by atoms with Gasteiger partial charge < -0.3 is 15.8 Å². The summed E-state index contributed by atoms with van der Waals surface area (Å²) in [4.78, 5) is 24.7. The number of rotatable bonds is 6. The van der Waals surface area contributed by atoms with Crippen LogP contribution in [0.3, 0.4) is 0 Å². The van der Waals surface area contributed by atoms with Crippen molar-refractivity contribution in [1.82, 2.24) is 5.32 Å². The Morgan fingerprint density at radius 2 is 1.75 bits per heavy atom. The highest BCUT2D eigenvalue weighted by atomic mass is 32.2. The molecule has 2 amide bonds. The van der Waals surface area contributed by atoms with Crippen LogP contribution in [0.2, 0.25) is 0 Å². The van der Waals surface area contributed by atoms with E-state index in [0.717, 1.165) is 5.56 Å². The van der Waals surface area contributed by atoms with Gasteiger partial charge in [-0.15, -0.1) is 0 Å². The van der Waals surface area contributed by atoms with Gasteiger partial charge in [-0.2, -0.15) is 0 Å². The Balaban J connectivity index is 1.48. The number of nitrogens with one attached hydrogen (secondary N) is 1. The van der Waals surface area contributed by atoms with Crippen LogP contribution in [-0.4, -0.2) is 26.0 Å². The maximum atomic E-state index is 12.9. The van der Waals surface area contributed by atoms with Crippen LogP contribution in [-0.2, 0) is 16.4 Å². The Hall–Kier alpha value is -3.65. The van der Waals surface area contributed by atoms with Crippen LogP contribution in [0.15, 0.2) is 77.7 Å². The molecule has 0 saturated heterocycles. The average Bonchev–Trinajstić information content (AvgIpc) is 2.80. The number of fused-ring (bicyclic) bond motifs is 1. The van der Waals surface area contributed by atoms with Crippen molar-refractivity contribution in [3.8, 4) is 5.75 Å². The normalized spacial score (nSPS) is 16.6. The van der Waals surface area contributed by atoms with Gasteiger partial charge in [-0.1, -0.05) is 42.5 Å². The first-order valence-electron chi connectivity index (χ1n) is 10.1. The Labute approximate surface area is 186 Å². The fourth-order valence-electron chi connectivity index (χ4n) is 3.74. The highest BCUT2D eigenvalue weighted by Crippen LogP contribution is 2.32. The third-order valence-electron chi connectivity index (χ3n) is 5.35. The molecule has 32 heavy (non-hydrogen) atoms. The quantitative estimate of drug-likeness (QED) is 0.599. The molecule has 1 atom stereocenters. The Kier molecular flexibility index (Phi) is 5.96. The summed E-state index contributed by atoms with van der Waals surface area (Å²) in [6.07, 6.45) is 0.317. The number of primary amides is 1. The van der Waals surface area contributed by atoms with Crippen molar-refractivity contribution < 1.29 is 22.7 Å². The topological polar surface area (TPSA) is 116 Å². The molecule has 1 heterocycles. The SMILES string of the molecule is NC(=O)c1ccccc1OCc1cccc(C(=O)NC2CCS(=O)(=O)c3ccccc32)c1. The van der Waals surface area contributed by atoms with Crippen LogP contribution in [0.25, 0.3) is 0 Å². The molecule has 0 aliphatic carbocycles. The number of amides is 2. The highest BCUT2D eigenvalue weighted by Gasteiger charge is 2.30. The lowest BCUT2D eigenvalue weighted by Crippen LogP contribution is -2.33. The molecule has 1 aliphatic rings. The van der Waals surface area contributed by atoms with E-state index in [0.29, 0.717) is 23.3 Å². The standard InChI is InChI=1S/C24H22N2O5S/c25-23(27)19-9-1-3-10-21(19)31-15-16-6-5-7-17(14-16)24(28)26-20-12-13-32(29,30)22-11-4-2-8-18(20)22/h1-11,14,20H,12-13,15H2,(H2,25,27)(H,26,28). The minimum absolute atomic E-state index is 0.0118. The predicted octanol–water partition coefficient (Wildman–Crippen LogP) is 3.01. The molecule has 1 aliphatic heterocycles. The third-order valence-corrected chi connectivity index (χ3v) is 7.16. The summed E-state index contributed by atoms with van der Waals surface area (Å²) in [6.45, 7) is 0.149. The van der Waals surface area contributed by atoms with Gasteiger partial charge in [0.1, 0.15) is 12.4 Å². The second-order valence-corrected chi connectivity index (χ2v) is 9.60. The zero-order valence-electron chi connectivity index (χ0n) is 17.2. The fourth-order valence-corrected chi connectivity index (χ4v) is 5.36. The smallest absolute Gasteiger partial charge is 0.252 e. The second-order valence-electron chi connectivity index (χ2n) is 7.52. The summed E-state index contributed by atoms with van der Waals surface area (Å²) in [5.41, 5.74) is 7.44. The minimum atomic E-state index is -3.33. The molecule has 7 nitrogen and oxygen atoms in total. The number of carbonyl (C=O) groups is 2. The summed E-state index contributed by atoms with van der Waals surface area (Å²) in [7, 11) is -3.33. The third kappa shape index (κ3) is 4.50. The Bertz CT molecular complexity index is 1290. The molecule has 3 aromatic carbocycles.